The minimum Gasteiger partial charge on any atom is -0.319 e. The molecular weight excluding hydrogens is 231 g/mol. The van der Waals surface area contributed by atoms with Gasteiger partial charge in [0, 0.05) is 11.8 Å². The molecule has 0 aliphatic rings. The Bertz CT molecular complexity index is 531. The molecule has 0 amide bonds. The highest BCUT2D eigenvalue weighted by molar-refractivity contribution is 5.29. The van der Waals surface area contributed by atoms with Crippen LogP contribution in [-0.4, -0.2) is 9.97 Å². The van der Waals surface area contributed by atoms with Crippen LogP contribution in [0.5, 0.6) is 0 Å². The first-order valence-corrected chi connectivity index (χ1v) is 4.76. The molecule has 0 spiro atoms. The predicted octanol–water partition coefficient (Wildman–Crippen LogP) is 1.94. The van der Waals surface area contributed by atoms with Crippen LogP contribution in [0, 0.1) is 17.5 Å². The van der Waals surface area contributed by atoms with Crippen LogP contribution < -0.4 is 5.73 Å². The Morgan fingerprint density at radius 3 is 2.47 bits per heavy atom. The lowest BCUT2D eigenvalue weighted by molar-refractivity contribution is 0.438. The number of nitrogens with two attached hydrogens (primary N) is 1. The van der Waals surface area contributed by atoms with E-state index in [1.165, 1.54) is 18.6 Å². The first-order chi connectivity index (χ1) is 8.11. The molecule has 0 aliphatic carbocycles. The number of benzene rings is 1. The predicted molar refractivity (Wildman–Crippen MR) is 54.4 cm³/mol. The molecule has 3 nitrogen and oxygen atoms in total. The van der Waals surface area contributed by atoms with Crippen LogP contribution in [0.1, 0.15) is 17.3 Å². The van der Waals surface area contributed by atoms with Gasteiger partial charge in [0.15, 0.2) is 17.5 Å². The SMILES string of the molecule is NC(c1ccncn1)c1ccc(F)c(F)c1F. The number of nitrogens with zero attached hydrogens (tertiary/aromatic N) is 2. The highest BCUT2D eigenvalue weighted by Gasteiger charge is 2.19. The van der Waals surface area contributed by atoms with E-state index in [2.05, 4.69) is 9.97 Å². The van der Waals surface area contributed by atoms with Gasteiger partial charge in [0.1, 0.15) is 6.33 Å². The number of rotatable bonds is 2. The molecule has 2 N–H and O–H groups in total. The van der Waals surface area contributed by atoms with Crippen LogP contribution in [0.25, 0.3) is 0 Å². The van der Waals surface area contributed by atoms with E-state index in [4.69, 9.17) is 5.73 Å². The van der Waals surface area contributed by atoms with E-state index in [9.17, 15) is 13.2 Å². The van der Waals surface area contributed by atoms with Crippen molar-refractivity contribution in [1.29, 1.82) is 0 Å². The standard InChI is InChI=1S/C11H8F3N3/c12-7-2-1-6(9(13)10(7)14)11(15)8-3-4-16-5-17-8/h1-5,11H,15H2. The number of halogens is 3. The van der Waals surface area contributed by atoms with Gasteiger partial charge in [-0.1, -0.05) is 6.07 Å². The minimum atomic E-state index is -1.54. The highest BCUT2D eigenvalue weighted by atomic mass is 19.2. The van der Waals surface area contributed by atoms with Gasteiger partial charge in [0.05, 0.1) is 11.7 Å². The molecular formula is C11H8F3N3. The zero-order valence-electron chi connectivity index (χ0n) is 8.57. The summed E-state index contributed by atoms with van der Waals surface area (Å²) < 4.78 is 39.2. The van der Waals surface area contributed by atoms with Crippen molar-refractivity contribution in [2.24, 2.45) is 5.73 Å². The monoisotopic (exact) mass is 239 g/mol. The van der Waals surface area contributed by atoms with Crippen molar-refractivity contribution in [3.05, 3.63) is 59.4 Å². The zero-order chi connectivity index (χ0) is 12.4. The Hall–Kier alpha value is -1.95. The molecule has 0 aliphatic heterocycles. The second-order valence-corrected chi connectivity index (χ2v) is 3.38. The van der Waals surface area contributed by atoms with Crippen LogP contribution in [0.2, 0.25) is 0 Å². The molecule has 1 atom stereocenters. The van der Waals surface area contributed by atoms with Crippen molar-refractivity contribution in [2.75, 3.05) is 0 Å². The third kappa shape index (κ3) is 2.12. The van der Waals surface area contributed by atoms with Gasteiger partial charge in [-0.15, -0.1) is 0 Å². The Morgan fingerprint density at radius 1 is 1.06 bits per heavy atom. The quantitative estimate of drug-likeness (QED) is 0.815. The average Bonchev–Trinajstić information content (AvgIpc) is 2.36. The lowest BCUT2D eigenvalue weighted by atomic mass is 10.0. The van der Waals surface area contributed by atoms with Crippen molar-refractivity contribution in [3.63, 3.8) is 0 Å². The molecule has 2 aromatic rings. The molecule has 1 aromatic heterocycles. The maximum Gasteiger partial charge on any atom is 0.194 e. The van der Waals surface area contributed by atoms with Gasteiger partial charge in [-0.25, -0.2) is 23.1 Å². The van der Waals surface area contributed by atoms with Crippen LogP contribution in [0.4, 0.5) is 13.2 Å². The van der Waals surface area contributed by atoms with E-state index in [0.29, 0.717) is 5.69 Å². The maximum atomic E-state index is 13.5. The fourth-order valence-electron chi connectivity index (χ4n) is 1.43. The third-order valence-electron chi connectivity index (χ3n) is 2.32. The first-order valence-electron chi connectivity index (χ1n) is 4.76. The van der Waals surface area contributed by atoms with E-state index in [1.54, 1.807) is 0 Å². The molecule has 0 saturated carbocycles. The van der Waals surface area contributed by atoms with Gasteiger partial charge in [-0.3, -0.25) is 0 Å². The zero-order valence-corrected chi connectivity index (χ0v) is 8.57. The Balaban J connectivity index is 2.45. The maximum absolute atomic E-state index is 13.5. The molecule has 0 bridgehead atoms. The second-order valence-electron chi connectivity index (χ2n) is 3.38. The molecule has 1 heterocycles. The average molecular weight is 239 g/mol. The molecule has 1 unspecified atom stereocenters. The van der Waals surface area contributed by atoms with Crippen molar-refractivity contribution in [1.82, 2.24) is 9.97 Å². The fraction of sp³-hybridized carbons (Fsp3) is 0.0909. The normalized spacial score (nSPS) is 12.5. The summed E-state index contributed by atoms with van der Waals surface area (Å²) in [5, 5.41) is 0. The van der Waals surface area contributed by atoms with Crippen LogP contribution in [0.15, 0.2) is 30.7 Å². The third-order valence-corrected chi connectivity index (χ3v) is 2.32. The van der Waals surface area contributed by atoms with Crippen LogP contribution in [0.3, 0.4) is 0 Å². The Morgan fingerprint density at radius 2 is 1.82 bits per heavy atom. The number of aromatic nitrogens is 2. The Kier molecular flexibility index (Phi) is 3.06. The molecule has 0 radical (unpaired) electrons. The van der Waals surface area contributed by atoms with E-state index in [1.807, 2.05) is 0 Å². The van der Waals surface area contributed by atoms with Gasteiger partial charge in [0.2, 0.25) is 0 Å². The summed E-state index contributed by atoms with van der Waals surface area (Å²) in [5.41, 5.74) is 5.89. The lowest BCUT2D eigenvalue weighted by Gasteiger charge is -2.12. The minimum absolute atomic E-state index is 0.150. The van der Waals surface area contributed by atoms with Crippen molar-refractivity contribution < 1.29 is 13.2 Å². The van der Waals surface area contributed by atoms with E-state index in [0.717, 1.165) is 12.1 Å². The van der Waals surface area contributed by atoms with E-state index in [-0.39, 0.29) is 5.56 Å². The van der Waals surface area contributed by atoms with Gasteiger partial charge in [-0.05, 0) is 12.1 Å². The molecule has 17 heavy (non-hydrogen) atoms. The first kappa shape index (κ1) is 11.5. The smallest absolute Gasteiger partial charge is 0.194 e. The summed E-state index contributed by atoms with van der Waals surface area (Å²) in [6.07, 6.45) is 2.67. The molecule has 0 fully saturated rings. The summed E-state index contributed by atoms with van der Waals surface area (Å²) >= 11 is 0. The summed E-state index contributed by atoms with van der Waals surface area (Å²) in [7, 11) is 0. The van der Waals surface area contributed by atoms with Crippen molar-refractivity contribution >= 4 is 0 Å². The van der Waals surface area contributed by atoms with Gasteiger partial charge >= 0.3 is 0 Å². The molecule has 0 saturated heterocycles. The van der Waals surface area contributed by atoms with Crippen molar-refractivity contribution in [3.8, 4) is 0 Å². The summed E-state index contributed by atoms with van der Waals surface area (Å²) in [6.45, 7) is 0. The van der Waals surface area contributed by atoms with Gasteiger partial charge in [0.25, 0.3) is 0 Å². The Labute approximate surface area is 95.1 Å². The highest BCUT2D eigenvalue weighted by Crippen LogP contribution is 2.23. The van der Waals surface area contributed by atoms with Gasteiger partial charge in [-0.2, -0.15) is 0 Å². The van der Waals surface area contributed by atoms with Gasteiger partial charge < -0.3 is 5.73 Å². The molecule has 6 heteroatoms. The topological polar surface area (TPSA) is 51.8 Å². The molecule has 1 aromatic carbocycles. The molecule has 2 rings (SSSR count). The number of hydrogen-bond acceptors (Lipinski definition) is 3. The largest absolute Gasteiger partial charge is 0.319 e. The summed E-state index contributed by atoms with van der Waals surface area (Å²) in [4.78, 5) is 7.51. The number of hydrogen-bond donors (Lipinski definition) is 1. The molecule has 88 valence electrons. The lowest BCUT2D eigenvalue weighted by Crippen LogP contribution is -2.16. The van der Waals surface area contributed by atoms with Crippen LogP contribution >= 0.6 is 0 Å². The fourth-order valence-corrected chi connectivity index (χ4v) is 1.43. The van der Waals surface area contributed by atoms with Crippen molar-refractivity contribution in [2.45, 2.75) is 6.04 Å². The second kappa shape index (κ2) is 4.50. The summed E-state index contributed by atoms with van der Waals surface area (Å²) in [6, 6.07) is 2.44. The van der Waals surface area contributed by atoms with Crippen LogP contribution in [-0.2, 0) is 0 Å². The summed E-state index contributed by atoms with van der Waals surface area (Å²) in [5.74, 6) is -4.08. The van der Waals surface area contributed by atoms with E-state index < -0.39 is 23.5 Å². The van der Waals surface area contributed by atoms with E-state index >= 15 is 0 Å².